The number of aliphatic hydroxyl groups is 1. The minimum absolute atomic E-state index is 0.223. The molecule has 1 rings (SSSR count). The van der Waals surface area contributed by atoms with Crippen LogP contribution in [0.3, 0.4) is 0 Å². The molecule has 0 heterocycles. The third-order valence-electron chi connectivity index (χ3n) is 2.28. The van der Waals surface area contributed by atoms with E-state index >= 15 is 0 Å². The van der Waals surface area contributed by atoms with Gasteiger partial charge in [0.05, 0.1) is 13.7 Å². The Morgan fingerprint density at radius 1 is 1.53 bits per heavy atom. The van der Waals surface area contributed by atoms with E-state index in [1.54, 1.807) is 38.3 Å². The summed E-state index contributed by atoms with van der Waals surface area (Å²) in [5.41, 5.74) is 0.937. The molecule has 0 saturated heterocycles. The largest absolute Gasteiger partial charge is 0.497 e. The number of carbonyl (C=O) groups excluding carboxylic acids is 1. The smallest absolute Gasteiger partial charge is 0.339 e. The van der Waals surface area contributed by atoms with E-state index in [9.17, 15) is 9.90 Å². The Hall–Kier alpha value is -1.81. The fraction of sp³-hybridized carbons (Fsp3) is 0.308. The van der Waals surface area contributed by atoms with Crippen LogP contribution in [0.1, 0.15) is 12.5 Å². The summed E-state index contributed by atoms with van der Waals surface area (Å²) in [5, 5.41) is 9.72. The van der Waals surface area contributed by atoms with Gasteiger partial charge in [-0.15, -0.1) is 0 Å². The Kier molecular flexibility index (Phi) is 4.72. The first-order chi connectivity index (χ1) is 8.10. The third-order valence-corrected chi connectivity index (χ3v) is 2.28. The van der Waals surface area contributed by atoms with Crippen LogP contribution in [0.5, 0.6) is 5.75 Å². The van der Waals surface area contributed by atoms with Crippen molar-refractivity contribution in [1.82, 2.24) is 0 Å². The molecule has 0 spiro atoms. The second-order valence-electron chi connectivity index (χ2n) is 3.41. The van der Waals surface area contributed by atoms with Crippen molar-refractivity contribution in [3.05, 3.63) is 36.4 Å². The topological polar surface area (TPSA) is 55.8 Å². The molecule has 0 aliphatic heterocycles. The molecule has 4 nitrogen and oxygen atoms in total. The lowest BCUT2D eigenvalue weighted by Crippen LogP contribution is -2.24. The molecule has 4 heteroatoms. The van der Waals surface area contributed by atoms with E-state index in [2.05, 4.69) is 6.58 Å². The van der Waals surface area contributed by atoms with Crippen LogP contribution >= 0.6 is 0 Å². The van der Waals surface area contributed by atoms with E-state index in [-0.39, 0.29) is 6.61 Å². The summed E-state index contributed by atoms with van der Waals surface area (Å²) < 4.78 is 9.78. The van der Waals surface area contributed by atoms with Crippen LogP contribution in [0.4, 0.5) is 0 Å². The van der Waals surface area contributed by atoms with Gasteiger partial charge in [-0.05, 0) is 30.2 Å². The minimum atomic E-state index is -1.35. The molecule has 1 atom stereocenters. The first-order valence-electron chi connectivity index (χ1n) is 5.28. The molecule has 0 aliphatic rings. The van der Waals surface area contributed by atoms with Crippen LogP contribution in [-0.2, 0) is 9.53 Å². The predicted molar refractivity (Wildman–Crippen MR) is 64.7 cm³/mol. The molecule has 0 bridgehead atoms. The van der Waals surface area contributed by atoms with Crippen LogP contribution in [0.25, 0.3) is 5.57 Å². The van der Waals surface area contributed by atoms with Gasteiger partial charge < -0.3 is 14.6 Å². The molecule has 92 valence electrons. The monoisotopic (exact) mass is 236 g/mol. The molecular formula is C13H16O4. The van der Waals surface area contributed by atoms with Gasteiger partial charge in [-0.3, -0.25) is 0 Å². The van der Waals surface area contributed by atoms with E-state index in [1.807, 2.05) is 0 Å². The van der Waals surface area contributed by atoms with Crippen molar-refractivity contribution in [2.75, 3.05) is 13.7 Å². The normalized spacial score (nSPS) is 11.7. The number of methoxy groups -OCH3 is 1. The lowest BCUT2D eigenvalue weighted by atomic mass is 10.0. The van der Waals surface area contributed by atoms with Crippen molar-refractivity contribution in [1.29, 1.82) is 0 Å². The van der Waals surface area contributed by atoms with E-state index in [0.717, 1.165) is 0 Å². The maximum Gasteiger partial charge on any atom is 0.339 e. The lowest BCUT2D eigenvalue weighted by Gasteiger charge is -2.13. The van der Waals surface area contributed by atoms with Gasteiger partial charge in [0.1, 0.15) is 5.75 Å². The first-order valence-corrected chi connectivity index (χ1v) is 5.28. The number of hydrogen-bond donors (Lipinski definition) is 1. The zero-order chi connectivity index (χ0) is 12.8. The van der Waals surface area contributed by atoms with Crippen LogP contribution < -0.4 is 4.74 Å². The fourth-order valence-corrected chi connectivity index (χ4v) is 1.34. The van der Waals surface area contributed by atoms with Gasteiger partial charge in [0.25, 0.3) is 0 Å². The fourth-order valence-electron chi connectivity index (χ4n) is 1.34. The van der Waals surface area contributed by atoms with Gasteiger partial charge in [-0.2, -0.15) is 0 Å². The van der Waals surface area contributed by atoms with Crippen LogP contribution in [0.15, 0.2) is 30.8 Å². The van der Waals surface area contributed by atoms with Crippen molar-refractivity contribution in [2.45, 2.75) is 13.0 Å². The van der Waals surface area contributed by atoms with Gasteiger partial charge in [0.2, 0.25) is 0 Å². The molecular weight excluding hydrogens is 220 g/mol. The highest BCUT2D eigenvalue weighted by molar-refractivity contribution is 5.90. The second kappa shape index (κ2) is 6.06. The molecule has 0 amide bonds. The molecule has 0 radical (unpaired) electrons. The molecule has 1 unspecified atom stereocenters. The second-order valence-corrected chi connectivity index (χ2v) is 3.41. The number of rotatable bonds is 5. The number of carbonyl (C=O) groups is 1. The Balaban J connectivity index is 2.84. The molecule has 0 fully saturated rings. The number of benzene rings is 1. The van der Waals surface area contributed by atoms with Gasteiger partial charge in [0, 0.05) is 0 Å². The molecule has 0 aromatic heterocycles. The standard InChI is InChI=1S/C13H16O4/c1-4-17-13(15)12(14)9(2)10-6-5-7-11(8-10)16-3/h5-8,12,14H,2,4H2,1,3H3. The number of ether oxygens (including phenoxy) is 2. The molecule has 1 N–H and O–H groups in total. The average molecular weight is 236 g/mol. The van der Waals surface area contributed by atoms with Crippen molar-refractivity contribution < 1.29 is 19.4 Å². The average Bonchev–Trinajstić information content (AvgIpc) is 2.37. The summed E-state index contributed by atoms with van der Waals surface area (Å²) in [6, 6.07) is 6.98. The summed E-state index contributed by atoms with van der Waals surface area (Å²) >= 11 is 0. The summed E-state index contributed by atoms with van der Waals surface area (Å²) in [6.07, 6.45) is -1.35. The predicted octanol–water partition coefficient (Wildman–Crippen LogP) is 1.63. The maximum absolute atomic E-state index is 11.3. The number of esters is 1. The van der Waals surface area contributed by atoms with Crippen molar-refractivity contribution >= 4 is 11.5 Å². The van der Waals surface area contributed by atoms with Crippen molar-refractivity contribution in [3.8, 4) is 5.75 Å². The van der Waals surface area contributed by atoms with Gasteiger partial charge in [-0.25, -0.2) is 4.79 Å². The van der Waals surface area contributed by atoms with E-state index in [4.69, 9.17) is 9.47 Å². The quantitative estimate of drug-likeness (QED) is 0.789. The molecule has 0 saturated carbocycles. The van der Waals surface area contributed by atoms with E-state index < -0.39 is 12.1 Å². The number of aliphatic hydroxyl groups excluding tert-OH is 1. The highest BCUT2D eigenvalue weighted by atomic mass is 16.5. The summed E-state index contributed by atoms with van der Waals surface area (Å²) in [5.74, 6) is -0.0555. The Labute approximate surface area is 100 Å². The van der Waals surface area contributed by atoms with Crippen molar-refractivity contribution in [2.24, 2.45) is 0 Å². The Morgan fingerprint density at radius 2 is 2.24 bits per heavy atom. The zero-order valence-corrected chi connectivity index (χ0v) is 9.97. The lowest BCUT2D eigenvalue weighted by molar-refractivity contribution is -0.149. The summed E-state index contributed by atoms with van der Waals surface area (Å²) in [7, 11) is 1.55. The highest BCUT2D eigenvalue weighted by Crippen LogP contribution is 2.21. The zero-order valence-electron chi connectivity index (χ0n) is 9.97. The van der Waals surface area contributed by atoms with Crippen molar-refractivity contribution in [3.63, 3.8) is 0 Å². The van der Waals surface area contributed by atoms with Crippen LogP contribution in [0, 0.1) is 0 Å². The highest BCUT2D eigenvalue weighted by Gasteiger charge is 2.20. The third kappa shape index (κ3) is 3.32. The van der Waals surface area contributed by atoms with Gasteiger partial charge in [0.15, 0.2) is 6.10 Å². The van der Waals surface area contributed by atoms with E-state index in [0.29, 0.717) is 16.9 Å². The Morgan fingerprint density at radius 3 is 2.82 bits per heavy atom. The minimum Gasteiger partial charge on any atom is -0.497 e. The van der Waals surface area contributed by atoms with E-state index in [1.165, 1.54) is 0 Å². The van der Waals surface area contributed by atoms with Crippen LogP contribution in [-0.4, -0.2) is 30.9 Å². The molecule has 17 heavy (non-hydrogen) atoms. The maximum atomic E-state index is 11.3. The molecule has 1 aromatic rings. The Bertz CT molecular complexity index is 412. The molecule has 0 aliphatic carbocycles. The molecule has 1 aromatic carbocycles. The number of hydrogen-bond acceptors (Lipinski definition) is 4. The summed E-state index contributed by atoms with van der Waals surface area (Å²) in [6.45, 7) is 5.60. The first kappa shape index (κ1) is 13.3. The summed E-state index contributed by atoms with van der Waals surface area (Å²) in [4.78, 5) is 11.3. The van der Waals surface area contributed by atoms with Gasteiger partial charge >= 0.3 is 5.97 Å². The SMILES string of the molecule is C=C(c1cccc(OC)c1)C(O)C(=O)OCC. The van der Waals surface area contributed by atoms with Gasteiger partial charge in [-0.1, -0.05) is 18.7 Å². The van der Waals surface area contributed by atoms with Crippen LogP contribution in [0.2, 0.25) is 0 Å².